The zero-order chi connectivity index (χ0) is 25.2. The quantitative estimate of drug-likeness (QED) is 0.177. The van der Waals surface area contributed by atoms with Gasteiger partial charge in [0.1, 0.15) is 5.78 Å². The van der Waals surface area contributed by atoms with Gasteiger partial charge in [0.25, 0.3) is 0 Å². The Balaban J connectivity index is 5.23. The average molecular weight is 476 g/mol. The van der Waals surface area contributed by atoms with Gasteiger partial charge in [-0.05, 0) is 20.8 Å². The van der Waals surface area contributed by atoms with Crippen LogP contribution in [0.25, 0.3) is 0 Å². The fourth-order valence-electron chi connectivity index (χ4n) is 2.85. The molecule has 190 valence electrons. The van der Waals surface area contributed by atoms with Gasteiger partial charge in [-0.2, -0.15) is 0 Å². The first-order valence-electron chi connectivity index (χ1n) is 10.8. The molecular weight excluding hydrogens is 438 g/mol. The molecule has 33 heavy (non-hydrogen) atoms. The predicted molar refractivity (Wildman–Crippen MR) is 117 cm³/mol. The van der Waals surface area contributed by atoms with Gasteiger partial charge >= 0.3 is 23.9 Å². The molecule has 0 aromatic carbocycles. The van der Waals surface area contributed by atoms with Gasteiger partial charge in [-0.15, -0.1) is 0 Å². The Bertz CT molecular complexity index is 642. The van der Waals surface area contributed by atoms with E-state index in [4.69, 9.17) is 9.47 Å². The topological polar surface area (TPSA) is 132 Å². The molecule has 0 aromatic rings. The van der Waals surface area contributed by atoms with Crippen molar-refractivity contribution in [3.05, 3.63) is 0 Å². The van der Waals surface area contributed by atoms with Crippen LogP contribution in [-0.4, -0.2) is 131 Å². The highest BCUT2D eigenvalue weighted by Gasteiger charge is 2.20. The standard InChI is InChI=1S/C21H37N3O9/c1-6-32-20(28)15-22(8-10-23(12-17(3)25)13-18(26)30-4)9-11-24(14-19(27)31-5)16-21(29)33-7-2/h6-16H2,1-5H3. The molecule has 12 nitrogen and oxygen atoms in total. The zero-order valence-corrected chi connectivity index (χ0v) is 20.3. The highest BCUT2D eigenvalue weighted by atomic mass is 16.5. The van der Waals surface area contributed by atoms with Crippen LogP contribution in [0.4, 0.5) is 0 Å². The molecular formula is C21H37N3O9. The molecule has 0 aliphatic carbocycles. The lowest BCUT2D eigenvalue weighted by Crippen LogP contribution is -2.45. The molecule has 0 aliphatic rings. The van der Waals surface area contributed by atoms with Crippen LogP contribution in [-0.2, 0) is 42.9 Å². The van der Waals surface area contributed by atoms with Gasteiger partial charge in [-0.25, -0.2) is 0 Å². The van der Waals surface area contributed by atoms with E-state index >= 15 is 0 Å². The largest absolute Gasteiger partial charge is 0.468 e. The van der Waals surface area contributed by atoms with E-state index in [1.54, 1.807) is 28.5 Å². The summed E-state index contributed by atoms with van der Waals surface area (Å²) in [6, 6.07) is 0. The molecule has 0 heterocycles. The number of hydrogen-bond donors (Lipinski definition) is 0. The molecule has 0 spiro atoms. The van der Waals surface area contributed by atoms with E-state index in [2.05, 4.69) is 9.47 Å². The summed E-state index contributed by atoms with van der Waals surface area (Å²) in [7, 11) is 2.52. The van der Waals surface area contributed by atoms with E-state index in [9.17, 15) is 24.0 Å². The number of methoxy groups -OCH3 is 2. The van der Waals surface area contributed by atoms with Crippen LogP contribution in [0.1, 0.15) is 20.8 Å². The number of carbonyl (C=O) groups excluding carboxylic acids is 5. The van der Waals surface area contributed by atoms with Gasteiger partial charge in [-0.3, -0.25) is 38.7 Å². The van der Waals surface area contributed by atoms with Gasteiger partial charge in [0, 0.05) is 26.2 Å². The van der Waals surface area contributed by atoms with Gasteiger partial charge in [0.05, 0.1) is 60.2 Å². The number of esters is 4. The summed E-state index contributed by atoms with van der Waals surface area (Å²) in [4.78, 5) is 63.8. The molecule has 0 rings (SSSR count). The fraction of sp³-hybridized carbons (Fsp3) is 0.762. The first-order valence-corrected chi connectivity index (χ1v) is 10.8. The molecule has 0 bridgehead atoms. The molecule has 0 amide bonds. The Morgan fingerprint density at radius 1 is 0.545 bits per heavy atom. The van der Waals surface area contributed by atoms with Crippen LogP contribution in [0.2, 0.25) is 0 Å². The number of nitrogens with zero attached hydrogens (tertiary/aromatic N) is 3. The summed E-state index contributed by atoms with van der Waals surface area (Å²) in [5.41, 5.74) is 0. The van der Waals surface area contributed by atoms with Crippen molar-refractivity contribution in [1.82, 2.24) is 14.7 Å². The van der Waals surface area contributed by atoms with Gasteiger partial charge < -0.3 is 18.9 Å². The van der Waals surface area contributed by atoms with Crippen LogP contribution in [0.3, 0.4) is 0 Å². The van der Waals surface area contributed by atoms with Crippen molar-refractivity contribution in [3.63, 3.8) is 0 Å². The first-order chi connectivity index (χ1) is 15.6. The van der Waals surface area contributed by atoms with E-state index < -0.39 is 23.9 Å². The van der Waals surface area contributed by atoms with E-state index in [-0.39, 0.29) is 58.3 Å². The average Bonchev–Trinajstić information content (AvgIpc) is 2.74. The monoisotopic (exact) mass is 475 g/mol. The fourth-order valence-corrected chi connectivity index (χ4v) is 2.85. The molecule has 0 atom stereocenters. The van der Waals surface area contributed by atoms with Crippen molar-refractivity contribution >= 4 is 29.7 Å². The zero-order valence-electron chi connectivity index (χ0n) is 20.3. The maximum Gasteiger partial charge on any atom is 0.320 e. The second kappa shape index (κ2) is 17.9. The highest BCUT2D eigenvalue weighted by Crippen LogP contribution is 1.99. The van der Waals surface area contributed by atoms with E-state index in [1.807, 2.05) is 0 Å². The van der Waals surface area contributed by atoms with Gasteiger partial charge in [0.2, 0.25) is 0 Å². The lowest BCUT2D eigenvalue weighted by molar-refractivity contribution is -0.148. The summed E-state index contributed by atoms with van der Waals surface area (Å²) >= 11 is 0. The van der Waals surface area contributed by atoms with Crippen molar-refractivity contribution in [2.75, 3.05) is 86.3 Å². The highest BCUT2D eigenvalue weighted by molar-refractivity contribution is 5.79. The summed E-state index contributed by atoms with van der Waals surface area (Å²) in [5.74, 6) is -2.03. The number of Topliss-reactive ketones (excluding diaryl/α,β-unsaturated/α-hetero) is 1. The third kappa shape index (κ3) is 15.8. The Morgan fingerprint density at radius 2 is 0.879 bits per heavy atom. The maximum atomic E-state index is 12.1. The van der Waals surface area contributed by atoms with Gasteiger partial charge in [-0.1, -0.05) is 0 Å². The second-order valence-corrected chi connectivity index (χ2v) is 7.16. The SMILES string of the molecule is CCOC(=O)CN(CCN(CC(C)=O)CC(=O)OC)CCN(CC(=O)OC)CC(=O)OCC. The van der Waals surface area contributed by atoms with Crippen LogP contribution in [0.5, 0.6) is 0 Å². The molecule has 0 saturated heterocycles. The first kappa shape index (κ1) is 30.4. The molecule has 0 unspecified atom stereocenters. The molecule has 0 saturated carbocycles. The minimum atomic E-state index is -0.512. The molecule has 0 radical (unpaired) electrons. The van der Waals surface area contributed by atoms with Crippen LogP contribution >= 0.6 is 0 Å². The maximum absolute atomic E-state index is 12.1. The number of rotatable bonds is 18. The Kier molecular flexibility index (Phi) is 16.5. The molecule has 0 aromatic heterocycles. The van der Waals surface area contributed by atoms with Crippen molar-refractivity contribution < 1.29 is 42.9 Å². The molecule has 12 heteroatoms. The lowest BCUT2D eigenvalue weighted by Gasteiger charge is -2.28. The molecule has 0 aliphatic heterocycles. The van der Waals surface area contributed by atoms with Crippen molar-refractivity contribution in [2.24, 2.45) is 0 Å². The Hall–Kier alpha value is -2.57. The van der Waals surface area contributed by atoms with Crippen LogP contribution in [0, 0.1) is 0 Å². The Morgan fingerprint density at radius 3 is 1.24 bits per heavy atom. The van der Waals surface area contributed by atoms with Gasteiger partial charge in [0.15, 0.2) is 0 Å². The number of carbonyl (C=O) groups is 5. The molecule has 0 N–H and O–H groups in total. The van der Waals surface area contributed by atoms with Crippen LogP contribution in [0.15, 0.2) is 0 Å². The summed E-state index contributed by atoms with van der Waals surface area (Å²) in [5, 5.41) is 0. The van der Waals surface area contributed by atoms with E-state index in [0.29, 0.717) is 19.6 Å². The third-order valence-corrected chi connectivity index (χ3v) is 4.39. The third-order valence-electron chi connectivity index (χ3n) is 4.39. The van der Waals surface area contributed by atoms with Crippen molar-refractivity contribution in [3.8, 4) is 0 Å². The lowest BCUT2D eigenvalue weighted by atomic mass is 10.3. The van der Waals surface area contributed by atoms with E-state index in [0.717, 1.165) is 0 Å². The van der Waals surface area contributed by atoms with Crippen molar-refractivity contribution in [2.45, 2.75) is 20.8 Å². The predicted octanol–water partition coefficient (Wildman–Crippen LogP) is -1.05. The van der Waals surface area contributed by atoms with Crippen molar-refractivity contribution in [1.29, 1.82) is 0 Å². The number of ketones is 1. The summed E-state index contributed by atoms with van der Waals surface area (Å²) in [6.07, 6.45) is 0. The minimum Gasteiger partial charge on any atom is -0.468 e. The van der Waals surface area contributed by atoms with Crippen LogP contribution < -0.4 is 0 Å². The van der Waals surface area contributed by atoms with E-state index in [1.165, 1.54) is 21.1 Å². The second-order valence-electron chi connectivity index (χ2n) is 7.16. The smallest absolute Gasteiger partial charge is 0.320 e. The Labute approximate surface area is 195 Å². The minimum absolute atomic E-state index is 0.0363. The number of hydrogen-bond acceptors (Lipinski definition) is 12. The molecule has 0 fully saturated rings. The summed E-state index contributed by atoms with van der Waals surface area (Å²) < 4.78 is 19.3. The normalized spacial score (nSPS) is 10.9. The summed E-state index contributed by atoms with van der Waals surface area (Å²) in [6.45, 7) is 6.16. The number of ether oxygens (including phenoxy) is 4.